The number of fused-ring (bicyclic) bond motifs is 1. The minimum absolute atomic E-state index is 0.253. The summed E-state index contributed by atoms with van der Waals surface area (Å²) in [6, 6.07) is 6.48. The van der Waals surface area contributed by atoms with Crippen molar-refractivity contribution in [3.8, 4) is 5.75 Å². The zero-order chi connectivity index (χ0) is 15.3. The van der Waals surface area contributed by atoms with E-state index >= 15 is 0 Å². The number of likely N-dealkylation sites (tertiary alicyclic amines) is 1. The molecule has 2 fully saturated rings. The summed E-state index contributed by atoms with van der Waals surface area (Å²) in [7, 11) is 0. The van der Waals surface area contributed by atoms with E-state index in [1.807, 2.05) is 12.1 Å². The van der Waals surface area contributed by atoms with Crippen molar-refractivity contribution in [1.29, 1.82) is 0 Å². The number of carbonyl (C=O) groups is 1. The first-order chi connectivity index (χ1) is 10.6. The number of ketones is 1. The van der Waals surface area contributed by atoms with E-state index in [9.17, 15) is 9.90 Å². The maximum absolute atomic E-state index is 11.6. The lowest BCUT2D eigenvalue weighted by Gasteiger charge is -2.59. The van der Waals surface area contributed by atoms with Crippen molar-refractivity contribution in [3.05, 3.63) is 29.3 Å². The first kappa shape index (κ1) is 14.3. The number of carbonyl (C=O) groups excluding carboxylic acids is 1. The molecule has 118 valence electrons. The van der Waals surface area contributed by atoms with Crippen molar-refractivity contribution in [2.75, 3.05) is 13.1 Å². The molecule has 3 heteroatoms. The molecule has 2 aliphatic carbocycles. The number of Topliss-reactive ketones (excluding diaryl/α,β-unsaturated/α-hetero) is 1. The molecule has 1 saturated heterocycles. The van der Waals surface area contributed by atoms with Gasteiger partial charge in [0.1, 0.15) is 11.5 Å². The Balaban J connectivity index is 1.80. The van der Waals surface area contributed by atoms with E-state index < -0.39 is 0 Å². The molecule has 1 aromatic rings. The molecule has 0 amide bonds. The first-order valence-corrected chi connectivity index (χ1v) is 8.66. The SMILES string of the molecule is CC(=O)CN1CC[C@@]23CCCC[C@H]2[C@@H]1Cc1ccc(O)cc13. The summed E-state index contributed by atoms with van der Waals surface area (Å²) in [4.78, 5) is 14.1. The lowest BCUT2D eigenvalue weighted by molar-refractivity contribution is -0.120. The number of phenols is 1. The number of hydrogen-bond donors (Lipinski definition) is 1. The Labute approximate surface area is 132 Å². The van der Waals surface area contributed by atoms with Gasteiger partial charge in [0.25, 0.3) is 0 Å². The Morgan fingerprint density at radius 1 is 1.36 bits per heavy atom. The topological polar surface area (TPSA) is 40.5 Å². The Morgan fingerprint density at radius 3 is 3.05 bits per heavy atom. The predicted molar refractivity (Wildman–Crippen MR) is 86.1 cm³/mol. The fourth-order valence-corrected chi connectivity index (χ4v) is 5.55. The van der Waals surface area contributed by atoms with Crippen LogP contribution in [0.2, 0.25) is 0 Å². The maximum atomic E-state index is 11.6. The smallest absolute Gasteiger partial charge is 0.143 e. The number of piperidine rings is 1. The third-order valence-electron chi connectivity index (χ3n) is 6.36. The zero-order valence-corrected chi connectivity index (χ0v) is 13.3. The minimum Gasteiger partial charge on any atom is -0.508 e. The average Bonchev–Trinajstić information content (AvgIpc) is 2.50. The van der Waals surface area contributed by atoms with Crippen molar-refractivity contribution >= 4 is 5.78 Å². The van der Waals surface area contributed by atoms with Gasteiger partial charge in [0.2, 0.25) is 0 Å². The fourth-order valence-electron chi connectivity index (χ4n) is 5.55. The number of benzene rings is 1. The second-order valence-electron chi connectivity index (χ2n) is 7.54. The molecule has 0 aromatic heterocycles. The molecule has 3 nitrogen and oxygen atoms in total. The van der Waals surface area contributed by atoms with Gasteiger partial charge < -0.3 is 5.11 Å². The Bertz CT molecular complexity index is 611. The molecule has 0 radical (unpaired) electrons. The monoisotopic (exact) mass is 299 g/mol. The summed E-state index contributed by atoms with van der Waals surface area (Å²) in [5.41, 5.74) is 3.06. The number of aromatic hydroxyl groups is 1. The van der Waals surface area contributed by atoms with E-state index in [4.69, 9.17) is 0 Å². The second kappa shape index (κ2) is 5.09. The first-order valence-electron chi connectivity index (χ1n) is 8.66. The van der Waals surface area contributed by atoms with Crippen LogP contribution in [0, 0.1) is 5.92 Å². The average molecular weight is 299 g/mol. The molecular weight excluding hydrogens is 274 g/mol. The Morgan fingerprint density at radius 2 is 2.23 bits per heavy atom. The molecule has 1 heterocycles. The van der Waals surface area contributed by atoms with Gasteiger partial charge in [0.15, 0.2) is 0 Å². The van der Waals surface area contributed by atoms with Gasteiger partial charge in [-0.3, -0.25) is 9.69 Å². The van der Waals surface area contributed by atoms with Gasteiger partial charge in [-0.15, -0.1) is 0 Å². The Hall–Kier alpha value is -1.35. The van der Waals surface area contributed by atoms with Crippen LogP contribution in [0.25, 0.3) is 0 Å². The highest BCUT2D eigenvalue weighted by Gasteiger charge is 2.53. The van der Waals surface area contributed by atoms with E-state index in [2.05, 4.69) is 11.0 Å². The molecule has 0 spiro atoms. The molecule has 1 aromatic carbocycles. The van der Waals surface area contributed by atoms with Crippen molar-refractivity contribution in [2.45, 2.75) is 56.9 Å². The number of nitrogens with zero attached hydrogens (tertiary/aromatic N) is 1. The summed E-state index contributed by atoms with van der Waals surface area (Å²) in [5.74, 6) is 1.34. The van der Waals surface area contributed by atoms with Crippen molar-refractivity contribution in [3.63, 3.8) is 0 Å². The van der Waals surface area contributed by atoms with Crippen LogP contribution >= 0.6 is 0 Å². The molecule has 4 rings (SSSR count). The van der Waals surface area contributed by atoms with Crippen LogP contribution in [-0.2, 0) is 16.6 Å². The van der Waals surface area contributed by atoms with Crippen LogP contribution < -0.4 is 0 Å². The van der Waals surface area contributed by atoms with Gasteiger partial charge in [-0.2, -0.15) is 0 Å². The normalized spacial score (nSPS) is 33.9. The highest BCUT2D eigenvalue weighted by atomic mass is 16.3. The van der Waals surface area contributed by atoms with Crippen molar-refractivity contribution < 1.29 is 9.90 Å². The minimum atomic E-state index is 0.253. The van der Waals surface area contributed by atoms with Gasteiger partial charge in [0.05, 0.1) is 6.54 Å². The molecule has 2 bridgehead atoms. The third-order valence-corrected chi connectivity index (χ3v) is 6.36. The fraction of sp³-hybridized carbons (Fsp3) is 0.632. The summed E-state index contributed by atoms with van der Waals surface area (Å²) in [6.07, 6.45) is 7.30. The van der Waals surface area contributed by atoms with Crippen LogP contribution in [0.15, 0.2) is 18.2 Å². The van der Waals surface area contributed by atoms with E-state index in [0.29, 0.717) is 24.3 Å². The second-order valence-corrected chi connectivity index (χ2v) is 7.54. The number of rotatable bonds is 2. The van der Waals surface area contributed by atoms with Crippen molar-refractivity contribution in [1.82, 2.24) is 4.90 Å². The lowest BCUT2D eigenvalue weighted by Crippen LogP contribution is -2.61. The van der Waals surface area contributed by atoms with Gasteiger partial charge in [0, 0.05) is 11.5 Å². The molecule has 0 unspecified atom stereocenters. The molecule has 1 saturated carbocycles. The maximum Gasteiger partial charge on any atom is 0.143 e. The lowest BCUT2D eigenvalue weighted by atomic mass is 9.52. The van der Waals surface area contributed by atoms with Crippen LogP contribution in [0.1, 0.15) is 50.2 Å². The van der Waals surface area contributed by atoms with Gasteiger partial charge >= 0.3 is 0 Å². The van der Waals surface area contributed by atoms with E-state index in [1.165, 1.54) is 36.8 Å². The van der Waals surface area contributed by atoms with Gasteiger partial charge in [-0.05, 0) is 68.3 Å². The van der Waals surface area contributed by atoms with E-state index in [0.717, 1.165) is 19.4 Å². The predicted octanol–water partition coefficient (Wildman–Crippen LogP) is 3.04. The van der Waals surface area contributed by atoms with Crippen LogP contribution in [0.4, 0.5) is 0 Å². The van der Waals surface area contributed by atoms with E-state index in [1.54, 1.807) is 6.92 Å². The van der Waals surface area contributed by atoms with Crippen LogP contribution in [0.5, 0.6) is 5.75 Å². The Kier molecular flexibility index (Phi) is 3.30. The number of hydrogen-bond acceptors (Lipinski definition) is 3. The largest absolute Gasteiger partial charge is 0.508 e. The van der Waals surface area contributed by atoms with Crippen LogP contribution in [0.3, 0.4) is 0 Å². The molecule has 22 heavy (non-hydrogen) atoms. The highest BCUT2D eigenvalue weighted by molar-refractivity contribution is 5.77. The standard InChI is InChI=1S/C19H25NO2/c1-13(21)12-20-9-8-19-7-3-2-4-16(19)18(20)10-14-5-6-15(22)11-17(14)19/h5-6,11,16,18,22H,2-4,7-10,12H2,1H3/t16-,18-,19-/m0/s1. The highest BCUT2D eigenvalue weighted by Crippen LogP contribution is 2.56. The summed E-state index contributed by atoms with van der Waals surface area (Å²) < 4.78 is 0. The molecule has 3 aliphatic rings. The van der Waals surface area contributed by atoms with Crippen molar-refractivity contribution in [2.24, 2.45) is 5.92 Å². The summed E-state index contributed by atoms with van der Waals surface area (Å²) >= 11 is 0. The third kappa shape index (κ3) is 2.02. The summed E-state index contributed by atoms with van der Waals surface area (Å²) in [6.45, 7) is 3.33. The molecule has 1 aliphatic heterocycles. The molecule has 1 N–H and O–H groups in total. The van der Waals surface area contributed by atoms with Gasteiger partial charge in [-0.25, -0.2) is 0 Å². The molecular formula is C19H25NO2. The zero-order valence-electron chi connectivity index (χ0n) is 13.3. The summed E-state index contributed by atoms with van der Waals surface area (Å²) in [5, 5.41) is 9.99. The van der Waals surface area contributed by atoms with Gasteiger partial charge in [-0.1, -0.05) is 18.9 Å². The number of phenolic OH excluding ortho intramolecular Hbond substituents is 1. The van der Waals surface area contributed by atoms with Crippen LogP contribution in [-0.4, -0.2) is 34.9 Å². The quantitative estimate of drug-likeness (QED) is 0.912. The van der Waals surface area contributed by atoms with E-state index in [-0.39, 0.29) is 11.2 Å². The molecule has 3 atom stereocenters.